The highest BCUT2D eigenvalue weighted by molar-refractivity contribution is 6.30. The number of ether oxygens (including phenoxy) is 1. The van der Waals surface area contributed by atoms with E-state index in [4.69, 9.17) is 22.1 Å². The molecule has 0 radical (unpaired) electrons. The van der Waals surface area contributed by atoms with Crippen LogP contribution in [0.5, 0.6) is 0 Å². The van der Waals surface area contributed by atoms with Crippen LogP contribution in [0.1, 0.15) is 31.9 Å². The van der Waals surface area contributed by atoms with Gasteiger partial charge in [-0.3, -0.25) is 4.79 Å². The van der Waals surface area contributed by atoms with Gasteiger partial charge in [-0.2, -0.15) is 0 Å². The van der Waals surface area contributed by atoms with Gasteiger partial charge < -0.3 is 15.8 Å². The number of nitrogens with one attached hydrogen (secondary N) is 1. The van der Waals surface area contributed by atoms with Crippen molar-refractivity contribution >= 4 is 23.5 Å². The molecule has 3 N–H and O–H groups in total. The Bertz CT molecular complexity index is 479. The van der Waals surface area contributed by atoms with Crippen LogP contribution in [0.3, 0.4) is 0 Å². The van der Waals surface area contributed by atoms with Gasteiger partial charge >= 0.3 is 5.97 Å². The predicted molar refractivity (Wildman–Crippen MR) is 77.2 cm³/mol. The van der Waals surface area contributed by atoms with E-state index < -0.39 is 17.9 Å². The molecule has 110 valence electrons. The normalized spacial score (nSPS) is 13.4. The number of carbonyl (C=O) groups excluding carboxylic acids is 2. The van der Waals surface area contributed by atoms with Gasteiger partial charge in [-0.15, -0.1) is 0 Å². The van der Waals surface area contributed by atoms with Gasteiger partial charge in [0.1, 0.15) is 0 Å². The molecule has 0 spiro atoms. The third-order valence-corrected chi connectivity index (χ3v) is 3.03. The number of hydrogen-bond acceptors (Lipinski definition) is 4. The van der Waals surface area contributed by atoms with E-state index in [2.05, 4.69) is 5.32 Å². The average molecular weight is 299 g/mol. The fourth-order valence-electron chi connectivity index (χ4n) is 1.75. The van der Waals surface area contributed by atoms with Crippen LogP contribution in [-0.4, -0.2) is 24.5 Å². The number of esters is 1. The maximum absolute atomic E-state index is 11.9. The third kappa shape index (κ3) is 4.51. The predicted octanol–water partition coefficient (Wildman–Crippen LogP) is 1.80. The second-order valence-corrected chi connectivity index (χ2v) is 4.69. The molecule has 2 unspecified atom stereocenters. The van der Waals surface area contributed by atoms with Gasteiger partial charge in [-0.05, 0) is 31.0 Å². The molecule has 6 heteroatoms. The summed E-state index contributed by atoms with van der Waals surface area (Å²) in [7, 11) is 0. The third-order valence-electron chi connectivity index (χ3n) is 2.80. The van der Waals surface area contributed by atoms with Crippen LogP contribution in [0.4, 0.5) is 0 Å². The molecule has 1 amide bonds. The molecule has 0 heterocycles. The van der Waals surface area contributed by atoms with Crippen molar-refractivity contribution in [1.82, 2.24) is 5.32 Å². The van der Waals surface area contributed by atoms with Gasteiger partial charge in [0.15, 0.2) is 6.04 Å². The molecule has 0 fully saturated rings. The summed E-state index contributed by atoms with van der Waals surface area (Å²) in [6, 6.07) is 5.62. The summed E-state index contributed by atoms with van der Waals surface area (Å²) in [5.74, 6) is -1.29. The highest BCUT2D eigenvalue weighted by Gasteiger charge is 2.25. The zero-order chi connectivity index (χ0) is 15.1. The maximum Gasteiger partial charge on any atom is 0.332 e. The van der Waals surface area contributed by atoms with Gasteiger partial charge in [-0.1, -0.05) is 30.7 Å². The molecule has 2 atom stereocenters. The molecular formula is C14H19ClN2O3. The lowest BCUT2D eigenvalue weighted by atomic mass is 10.0. The smallest absolute Gasteiger partial charge is 0.332 e. The van der Waals surface area contributed by atoms with Crippen LogP contribution in [0.15, 0.2) is 24.3 Å². The summed E-state index contributed by atoms with van der Waals surface area (Å²) in [6.45, 7) is 3.76. The Balaban J connectivity index is 2.73. The number of rotatable bonds is 6. The van der Waals surface area contributed by atoms with Crippen molar-refractivity contribution in [2.75, 3.05) is 6.61 Å². The highest BCUT2D eigenvalue weighted by Crippen LogP contribution is 2.20. The Kier molecular flexibility index (Phi) is 6.48. The fraction of sp³-hybridized carbons (Fsp3) is 0.429. The van der Waals surface area contributed by atoms with E-state index in [1.165, 1.54) is 0 Å². The van der Waals surface area contributed by atoms with Gasteiger partial charge in [0.25, 0.3) is 0 Å². The van der Waals surface area contributed by atoms with E-state index in [1.54, 1.807) is 25.1 Å². The van der Waals surface area contributed by atoms with E-state index in [9.17, 15) is 9.59 Å². The average Bonchev–Trinajstić information content (AvgIpc) is 2.43. The molecule has 1 rings (SSSR count). The van der Waals surface area contributed by atoms with Crippen molar-refractivity contribution < 1.29 is 14.3 Å². The molecule has 1 aromatic rings. The zero-order valence-corrected chi connectivity index (χ0v) is 12.3. The Morgan fingerprint density at radius 3 is 2.65 bits per heavy atom. The number of benzene rings is 1. The molecule has 0 saturated carbocycles. The first-order valence-corrected chi connectivity index (χ1v) is 6.85. The van der Waals surface area contributed by atoms with Crippen molar-refractivity contribution in [1.29, 1.82) is 0 Å². The summed E-state index contributed by atoms with van der Waals surface area (Å²) in [5, 5.41) is 3.31. The number of nitrogens with two attached hydrogens (primary N) is 1. The molecule has 0 bridgehead atoms. The second-order valence-electron chi connectivity index (χ2n) is 4.25. The molecule has 1 aromatic carbocycles. The first kappa shape index (κ1) is 16.5. The van der Waals surface area contributed by atoms with Crippen LogP contribution in [0, 0.1) is 0 Å². The zero-order valence-electron chi connectivity index (χ0n) is 11.6. The van der Waals surface area contributed by atoms with Crippen molar-refractivity contribution in [2.45, 2.75) is 32.4 Å². The Hall–Kier alpha value is -1.59. The standard InChI is InChI=1S/C14H19ClN2O3/c1-3-11(9-6-5-7-10(15)8-9)17-13(18)12(16)14(19)20-4-2/h5-8,11-12H,3-4,16H2,1-2H3,(H,17,18). The van der Waals surface area contributed by atoms with Crippen LogP contribution >= 0.6 is 11.6 Å². The lowest BCUT2D eigenvalue weighted by molar-refractivity contribution is -0.148. The molecular weight excluding hydrogens is 280 g/mol. The lowest BCUT2D eigenvalue weighted by Gasteiger charge is -2.19. The molecule has 5 nitrogen and oxygen atoms in total. The van der Waals surface area contributed by atoms with Crippen LogP contribution in [0.25, 0.3) is 0 Å². The van der Waals surface area contributed by atoms with Crippen molar-refractivity contribution in [3.8, 4) is 0 Å². The Labute approximate surface area is 123 Å². The van der Waals surface area contributed by atoms with Crippen molar-refractivity contribution in [3.63, 3.8) is 0 Å². The number of hydrogen-bond donors (Lipinski definition) is 2. The molecule has 20 heavy (non-hydrogen) atoms. The summed E-state index contributed by atoms with van der Waals surface area (Å²) in [5.41, 5.74) is 6.41. The van der Waals surface area contributed by atoms with Crippen molar-refractivity contribution in [3.05, 3.63) is 34.9 Å². The minimum Gasteiger partial charge on any atom is -0.464 e. The maximum atomic E-state index is 11.9. The Morgan fingerprint density at radius 2 is 2.10 bits per heavy atom. The van der Waals surface area contributed by atoms with Crippen LogP contribution in [0.2, 0.25) is 5.02 Å². The SMILES string of the molecule is CCOC(=O)C(N)C(=O)NC(CC)c1cccc(Cl)c1. The summed E-state index contributed by atoms with van der Waals surface area (Å²) in [6.07, 6.45) is 0.654. The monoisotopic (exact) mass is 298 g/mol. The second kappa shape index (κ2) is 7.87. The van der Waals surface area contributed by atoms with Gasteiger partial charge in [0, 0.05) is 5.02 Å². The van der Waals surface area contributed by atoms with E-state index in [-0.39, 0.29) is 12.6 Å². The largest absolute Gasteiger partial charge is 0.464 e. The van der Waals surface area contributed by atoms with E-state index in [0.29, 0.717) is 11.4 Å². The minimum absolute atomic E-state index is 0.186. The minimum atomic E-state index is -1.32. The van der Waals surface area contributed by atoms with Gasteiger partial charge in [0.2, 0.25) is 5.91 Å². The van der Waals surface area contributed by atoms with E-state index in [0.717, 1.165) is 5.56 Å². The van der Waals surface area contributed by atoms with Crippen LogP contribution < -0.4 is 11.1 Å². The van der Waals surface area contributed by atoms with E-state index in [1.807, 2.05) is 13.0 Å². The quantitative estimate of drug-likeness (QED) is 0.620. The Morgan fingerprint density at radius 1 is 1.40 bits per heavy atom. The highest BCUT2D eigenvalue weighted by atomic mass is 35.5. The number of amides is 1. The fourth-order valence-corrected chi connectivity index (χ4v) is 1.94. The molecule has 0 aliphatic heterocycles. The van der Waals surface area contributed by atoms with Crippen molar-refractivity contribution in [2.24, 2.45) is 5.73 Å². The number of carbonyl (C=O) groups is 2. The summed E-state index contributed by atoms with van der Waals surface area (Å²) < 4.78 is 4.72. The molecule has 0 aromatic heterocycles. The molecule has 0 aliphatic carbocycles. The topological polar surface area (TPSA) is 81.4 Å². The lowest BCUT2D eigenvalue weighted by Crippen LogP contribution is -2.47. The van der Waals surface area contributed by atoms with Crippen LogP contribution in [-0.2, 0) is 14.3 Å². The molecule has 0 aliphatic rings. The van der Waals surface area contributed by atoms with Gasteiger partial charge in [0.05, 0.1) is 12.6 Å². The first-order chi connectivity index (χ1) is 9.49. The molecule has 0 saturated heterocycles. The summed E-state index contributed by atoms with van der Waals surface area (Å²) >= 11 is 5.93. The first-order valence-electron chi connectivity index (χ1n) is 6.47. The summed E-state index contributed by atoms with van der Waals surface area (Å²) in [4.78, 5) is 23.3. The number of halogens is 1. The van der Waals surface area contributed by atoms with E-state index >= 15 is 0 Å². The van der Waals surface area contributed by atoms with Gasteiger partial charge in [-0.25, -0.2) is 4.79 Å².